The Morgan fingerprint density at radius 2 is 1.80 bits per heavy atom. The van der Waals surface area contributed by atoms with Crippen LogP contribution in [-0.4, -0.2) is 64.8 Å². The number of hydrogen-bond donors (Lipinski definition) is 1. The third-order valence-corrected chi connectivity index (χ3v) is 6.62. The maximum atomic E-state index is 12.9. The summed E-state index contributed by atoms with van der Waals surface area (Å²) in [4.78, 5) is 33.7. The van der Waals surface area contributed by atoms with Crippen molar-refractivity contribution in [3.63, 3.8) is 0 Å². The van der Waals surface area contributed by atoms with Gasteiger partial charge in [0.25, 0.3) is 0 Å². The maximum Gasteiger partial charge on any atom is 0.410 e. The summed E-state index contributed by atoms with van der Waals surface area (Å²) in [5, 5.41) is 4.21. The second-order valence-electron chi connectivity index (χ2n) is 9.52. The van der Waals surface area contributed by atoms with E-state index in [1.165, 1.54) is 0 Å². The molecule has 8 nitrogen and oxygen atoms in total. The number of nitrogens with one attached hydrogen (secondary N) is 1. The van der Waals surface area contributed by atoms with Crippen LogP contribution in [0.15, 0.2) is 54.6 Å². The largest absolute Gasteiger partial charge is 0.445 e. The average Bonchev–Trinajstić information content (AvgIpc) is 3.25. The molecule has 2 heterocycles. The first-order valence-corrected chi connectivity index (χ1v) is 12.6. The van der Waals surface area contributed by atoms with Crippen LogP contribution in [0.5, 0.6) is 0 Å². The number of carbonyl (C=O) groups excluding carboxylic acids is 2. The Kier molecular flexibility index (Phi) is 7.75. The summed E-state index contributed by atoms with van der Waals surface area (Å²) in [5.74, 6) is 0. The summed E-state index contributed by atoms with van der Waals surface area (Å²) >= 11 is 1.60. The Hall–Kier alpha value is -3.33. The first kappa shape index (κ1) is 24.8. The molecule has 3 aromatic rings. The number of nitrogens with zero attached hydrogens (tertiary/aromatic N) is 3. The molecule has 0 bridgehead atoms. The molecule has 186 valence electrons. The highest BCUT2D eigenvalue weighted by molar-refractivity contribution is 7.22. The molecule has 9 heteroatoms. The van der Waals surface area contributed by atoms with E-state index in [9.17, 15) is 9.59 Å². The molecule has 1 aliphatic heterocycles. The van der Waals surface area contributed by atoms with Crippen LogP contribution < -0.4 is 5.32 Å². The highest BCUT2D eigenvalue weighted by atomic mass is 32.1. The molecule has 4 rings (SSSR count). The number of thiazole rings is 1. The molecule has 1 atom stereocenters. The zero-order valence-electron chi connectivity index (χ0n) is 20.4. The van der Waals surface area contributed by atoms with Gasteiger partial charge < -0.3 is 24.6 Å². The lowest BCUT2D eigenvalue weighted by Gasteiger charge is -2.41. The molecular weight excluding hydrogens is 464 g/mol. The van der Waals surface area contributed by atoms with E-state index >= 15 is 0 Å². The number of ether oxygens (including phenoxy) is 2. The highest BCUT2D eigenvalue weighted by Gasteiger charge is 2.35. The van der Waals surface area contributed by atoms with Crippen LogP contribution >= 0.6 is 11.3 Å². The molecule has 1 aromatic heterocycles. The van der Waals surface area contributed by atoms with Crippen molar-refractivity contribution in [2.24, 2.45) is 0 Å². The van der Waals surface area contributed by atoms with E-state index in [2.05, 4.69) is 10.3 Å². The number of benzene rings is 2. The number of piperazine rings is 1. The molecule has 0 unspecified atom stereocenters. The molecule has 35 heavy (non-hydrogen) atoms. The van der Waals surface area contributed by atoms with Crippen molar-refractivity contribution in [1.82, 2.24) is 14.8 Å². The monoisotopic (exact) mass is 496 g/mol. The third kappa shape index (κ3) is 6.85. The lowest BCUT2D eigenvalue weighted by atomic mass is 10.1. The van der Waals surface area contributed by atoms with E-state index in [1.807, 2.05) is 75.4 Å². The molecule has 0 saturated carbocycles. The molecule has 2 aromatic carbocycles. The highest BCUT2D eigenvalue weighted by Crippen LogP contribution is 2.26. The molecule has 1 saturated heterocycles. The Morgan fingerprint density at radius 3 is 2.54 bits per heavy atom. The zero-order valence-corrected chi connectivity index (χ0v) is 21.2. The molecular formula is C26H32N4O4S. The number of hydrogen-bond acceptors (Lipinski definition) is 7. The smallest absolute Gasteiger partial charge is 0.410 e. The SMILES string of the molecule is CC(C)(C)OC(=O)N1CCN(C(=O)OCc2ccccc2)C[C@H]1CCNc1nc2ccccc2s1. The standard InChI is InChI=1S/C26H32N4O4S/c1-26(2,3)34-25(32)30-16-15-29(24(31)33-18-19-9-5-4-6-10-19)17-20(30)13-14-27-23-28-21-11-7-8-12-22(21)35-23/h4-12,20H,13-18H2,1-3H3,(H,27,28)/t20-/m1/s1. The minimum absolute atomic E-state index is 0.204. The number of carbonyl (C=O) groups is 2. The lowest BCUT2D eigenvalue weighted by Crippen LogP contribution is -2.57. The van der Waals surface area contributed by atoms with Gasteiger partial charge in [0.05, 0.1) is 16.3 Å². The zero-order chi connectivity index (χ0) is 24.8. The number of fused-ring (bicyclic) bond motifs is 1. The van der Waals surface area contributed by atoms with Gasteiger partial charge in [0.2, 0.25) is 0 Å². The summed E-state index contributed by atoms with van der Waals surface area (Å²) < 4.78 is 12.3. The van der Waals surface area contributed by atoms with E-state index < -0.39 is 5.60 Å². The first-order valence-electron chi connectivity index (χ1n) is 11.8. The van der Waals surface area contributed by atoms with Gasteiger partial charge in [-0.2, -0.15) is 0 Å². The summed E-state index contributed by atoms with van der Waals surface area (Å²) in [6, 6.07) is 17.4. The predicted molar refractivity (Wildman–Crippen MR) is 138 cm³/mol. The fourth-order valence-electron chi connectivity index (χ4n) is 3.93. The van der Waals surface area contributed by atoms with E-state index in [1.54, 1.807) is 21.1 Å². The van der Waals surface area contributed by atoms with Crippen molar-refractivity contribution < 1.29 is 19.1 Å². The average molecular weight is 497 g/mol. The minimum atomic E-state index is -0.591. The quantitative estimate of drug-likeness (QED) is 0.495. The fraction of sp³-hybridized carbons (Fsp3) is 0.423. The van der Waals surface area contributed by atoms with Gasteiger partial charge in [-0.05, 0) is 44.9 Å². The van der Waals surface area contributed by atoms with Gasteiger partial charge in [-0.3, -0.25) is 0 Å². The molecule has 0 spiro atoms. The number of rotatable bonds is 6. The number of amides is 2. The summed E-state index contributed by atoms with van der Waals surface area (Å²) in [5.41, 5.74) is 1.30. The minimum Gasteiger partial charge on any atom is -0.445 e. The Morgan fingerprint density at radius 1 is 1.06 bits per heavy atom. The van der Waals surface area contributed by atoms with Crippen LogP contribution in [0.4, 0.5) is 14.7 Å². The van der Waals surface area contributed by atoms with E-state index in [0.29, 0.717) is 32.6 Å². The van der Waals surface area contributed by atoms with Crippen molar-refractivity contribution in [1.29, 1.82) is 0 Å². The maximum absolute atomic E-state index is 12.9. The molecule has 2 amide bonds. The van der Waals surface area contributed by atoms with E-state index in [0.717, 1.165) is 20.9 Å². The van der Waals surface area contributed by atoms with Gasteiger partial charge in [-0.15, -0.1) is 0 Å². The van der Waals surface area contributed by atoms with Gasteiger partial charge in [0.15, 0.2) is 5.13 Å². The summed E-state index contributed by atoms with van der Waals surface area (Å²) in [6.07, 6.45) is -0.0981. The molecule has 1 N–H and O–H groups in total. The molecule has 1 fully saturated rings. The Labute approximate surface area is 209 Å². The van der Waals surface area contributed by atoms with E-state index in [-0.39, 0.29) is 24.8 Å². The van der Waals surface area contributed by atoms with Crippen LogP contribution in [-0.2, 0) is 16.1 Å². The number of anilines is 1. The van der Waals surface area contributed by atoms with Crippen LogP contribution in [0.25, 0.3) is 10.2 Å². The van der Waals surface area contributed by atoms with Gasteiger partial charge in [-0.25, -0.2) is 14.6 Å². The lowest BCUT2D eigenvalue weighted by molar-refractivity contribution is -0.00386. The predicted octanol–water partition coefficient (Wildman–Crippen LogP) is 5.36. The summed E-state index contributed by atoms with van der Waals surface area (Å²) in [7, 11) is 0. The van der Waals surface area contributed by atoms with Crippen molar-refractivity contribution in [3.8, 4) is 0 Å². The van der Waals surface area contributed by atoms with Crippen LogP contribution in [0.3, 0.4) is 0 Å². The third-order valence-electron chi connectivity index (χ3n) is 5.62. The second kappa shape index (κ2) is 10.9. The van der Waals surface area contributed by atoms with Gasteiger partial charge in [-0.1, -0.05) is 53.8 Å². The van der Waals surface area contributed by atoms with Gasteiger partial charge in [0.1, 0.15) is 12.2 Å². The van der Waals surface area contributed by atoms with Gasteiger partial charge in [0, 0.05) is 26.2 Å². The topological polar surface area (TPSA) is 84.0 Å². The fourth-order valence-corrected chi connectivity index (χ4v) is 4.82. The number of aromatic nitrogens is 1. The van der Waals surface area contributed by atoms with Crippen molar-refractivity contribution in [2.45, 2.75) is 45.4 Å². The van der Waals surface area contributed by atoms with Crippen LogP contribution in [0.1, 0.15) is 32.8 Å². The van der Waals surface area contributed by atoms with E-state index in [4.69, 9.17) is 9.47 Å². The number of para-hydroxylation sites is 1. The second-order valence-corrected chi connectivity index (χ2v) is 10.5. The van der Waals surface area contributed by atoms with Crippen LogP contribution in [0, 0.1) is 0 Å². The Bertz CT molecular complexity index is 1110. The molecule has 0 aliphatic carbocycles. The normalized spacial score (nSPS) is 16.3. The summed E-state index contributed by atoms with van der Waals surface area (Å²) in [6.45, 7) is 7.56. The van der Waals surface area contributed by atoms with Gasteiger partial charge >= 0.3 is 12.2 Å². The molecule has 1 aliphatic rings. The Balaban J connectivity index is 1.38. The van der Waals surface area contributed by atoms with Crippen molar-refractivity contribution >= 4 is 38.9 Å². The van der Waals surface area contributed by atoms with Crippen LogP contribution in [0.2, 0.25) is 0 Å². The molecule has 0 radical (unpaired) electrons. The first-order chi connectivity index (χ1) is 16.8. The van der Waals surface area contributed by atoms with Crippen molar-refractivity contribution in [2.75, 3.05) is 31.5 Å². The van der Waals surface area contributed by atoms with Crippen molar-refractivity contribution in [3.05, 3.63) is 60.2 Å².